The molecule has 7 heteroatoms. The van der Waals surface area contributed by atoms with Crippen LogP contribution in [0.5, 0.6) is 11.6 Å². The molecule has 0 radical (unpaired) electrons. The first kappa shape index (κ1) is 22.2. The van der Waals surface area contributed by atoms with E-state index >= 15 is 0 Å². The molecule has 6 nitrogen and oxygen atoms in total. The SMILES string of the molecule is Cc1cc(OC(=O)NC2CCCCC2)nn1Cc1cc(Cl)ccc1OCc1ccccc1. The van der Waals surface area contributed by atoms with Crippen molar-refractivity contribution < 1.29 is 14.3 Å². The largest absolute Gasteiger partial charge is 0.489 e. The van der Waals surface area contributed by atoms with Crippen molar-refractivity contribution in [2.75, 3.05) is 0 Å². The molecule has 1 N–H and O–H groups in total. The summed E-state index contributed by atoms with van der Waals surface area (Å²) in [5.41, 5.74) is 2.86. The zero-order chi connectivity index (χ0) is 22.3. The molecule has 4 rings (SSSR count). The van der Waals surface area contributed by atoms with Gasteiger partial charge in [0.05, 0.1) is 6.54 Å². The Labute approximate surface area is 193 Å². The van der Waals surface area contributed by atoms with E-state index in [1.807, 2.05) is 55.5 Å². The summed E-state index contributed by atoms with van der Waals surface area (Å²) in [5, 5.41) is 8.03. The molecule has 0 saturated heterocycles. The molecule has 0 unspecified atom stereocenters. The molecule has 1 amide bonds. The van der Waals surface area contributed by atoms with Gasteiger partial charge in [-0.3, -0.25) is 4.68 Å². The van der Waals surface area contributed by atoms with Crippen molar-refractivity contribution in [3.8, 4) is 11.6 Å². The van der Waals surface area contributed by atoms with Crippen molar-refractivity contribution >= 4 is 17.7 Å². The predicted octanol–water partition coefficient (Wildman–Crippen LogP) is 5.89. The molecule has 3 aromatic rings. The first-order valence-corrected chi connectivity index (χ1v) is 11.4. The van der Waals surface area contributed by atoms with Crippen LogP contribution in [0.2, 0.25) is 5.02 Å². The third kappa shape index (κ3) is 6.04. The number of aromatic nitrogens is 2. The molecule has 0 atom stereocenters. The summed E-state index contributed by atoms with van der Waals surface area (Å²) in [6, 6.07) is 17.5. The van der Waals surface area contributed by atoms with Crippen LogP contribution in [0.4, 0.5) is 4.79 Å². The normalized spacial score (nSPS) is 14.2. The van der Waals surface area contributed by atoms with Crippen LogP contribution in [0.3, 0.4) is 0 Å². The smallest absolute Gasteiger partial charge is 0.414 e. The molecular weight excluding hydrogens is 426 g/mol. The molecule has 32 heavy (non-hydrogen) atoms. The summed E-state index contributed by atoms with van der Waals surface area (Å²) < 4.78 is 13.3. The number of benzene rings is 2. The lowest BCUT2D eigenvalue weighted by atomic mass is 9.96. The number of hydrogen-bond donors (Lipinski definition) is 1. The van der Waals surface area contributed by atoms with Crippen LogP contribution in [-0.4, -0.2) is 21.9 Å². The van der Waals surface area contributed by atoms with E-state index in [0.29, 0.717) is 18.2 Å². The number of nitrogens with one attached hydrogen (secondary N) is 1. The maximum absolute atomic E-state index is 12.3. The van der Waals surface area contributed by atoms with Crippen molar-refractivity contribution in [3.63, 3.8) is 0 Å². The van der Waals surface area contributed by atoms with Gasteiger partial charge in [-0.05, 0) is 43.5 Å². The quantitative estimate of drug-likeness (QED) is 0.484. The average Bonchev–Trinajstić information content (AvgIpc) is 3.13. The summed E-state index contributed by atoms with van der Waals surface area (Å²) in [5.74, 6) is 1.02. The van der Waals surface area contributed by atoms with Gasteiger partial charge in [0, 0.05) is 28.4 Å². The van der Waals surface area contributed by atoms with Crippen LogP contribution in [0.1, 0.15) is 48.9 Å². The zero-order valence-corrected chi connectivity index (χ0v) is 19.0. The summed E-state index contributed by atoms with van der Waals surface area (Å²) in [6.07, 6.45) is 5.08. The average molecular weight is 454 g/mol. The number of carbonyl (C=O) groups excluding carboxylic acids is 1. The maximum Gasteiger partial charge on any atom is 0.414 e. The Morgan fingerprint density at radius 1 is 1.12 bits per heavy atom. The van der Waals surface area contributed by atoms with Crippen molar-refractivity contribution in [3.05, 3.63) is 76.4 Å². The van der Waals surface area contributed by atoms with Crippen LogP contribution in [0.25, 0.3) is 0 Å². The zero-order valence-electron chi connectivity index (χ0n) is 18.2. The maximum atomic E-state index is 12.3. The fourth-order valence-electron chi connectivity index (χ4n) is 3.94. The highest BCUT2D eigenvalue weighted by Gasteiger charge is 2.18. The van der Waals surface area contributed by atoms with Gasteiger partial charge in [0.15, 0.2) is 0 Å². The number of ether oxygens (including phenoxy) is 2. The van der Waals surface area contributed by atoms with Crippen molar-refractivity contribution in [1.82, 2.24) is 15.1 Å². The van der Waals surface area contributed by atoms with E-state index in [1.54, 1.807) is 10.7 Å². The minimum Gasteiger partial charge on any atom is -0.489 e. The molecule has 0 aliphatic heterocycles. The van der Waals surface area contributed by atoms with Gasteiger partial charge in [-0.25, -0.2) is 4.79 Å². The standard InChI is InChI=1S/C25H28ClN3O3/c1-18-14-24(32-25(30)27-22-10-6-3-7-11-22)28-29(18)16-20-15-21(26)12-13-23(20)31-17-19-8-4-2-5-9-19/h2,4-5,8-9,12-15,22H,3,6-7,10-11,16-17H2,1H3,(H,27,30). The molecule has 1 aliphatic rings. The fraction of sp³-hybridized carbons (Fsp3) is 0.360. The highest BCUT2D eigenvalue weighted by Crippen LogP contribution is 2.26. The number of carbonyl (C=O) groups is 1. The Hall–Kier alpha value is -2.99. The Bertz CT molecular complexity index is 1050. The van der Waals surface area contributed by atoms with E-state index in [0.717, 1.165) is 48.3 Å². The highest BCUT2D eigenvalue weighted by atomic mass is 35.5. The van der Waals surface area contributed by atoms with Gasteiger partial charge in [-0.1, -0.05) is 61.2 Å². The third-order valence-electron chi connectivity index (χ3n) is 5.66. The van der Waals surface area contributed by atoms with Crippen LogP contribution >= 0.6 is 11.6 Å². The van der Waals surface area contributed by atoms with Gasteiger partial charge in [0.2, 0.25) is 5.88 Å². The van der Waals surface area contributed by atoms with E-state index in [4.69, 9.17) is 21.1 Å². The number of aryl methyl sites for hydroxylation is 1. The van der Waals surface area contributed by atoms with Crippen molar-refractivity contribution in [2.45, 2.75) is 58.2 Å². The molecule has 0 bridgehead atoms. The number of amides is 1. The van der Waals surface area contributed by atoms with Crippen molar-refractivity contribution in [1.29, 1.82) is 0 Å². The minimum atomic E-state index is -0.448. The molecular formula is C25H28ClN3O3. The molecule has 1 aromatic heterocycles. The van der Waals surface area contributed by atoms with Gasteiger partial charge in [-0.15, -0.1) is 5.10 Å². The number of nitrogens with zero attached hydrogens (tertiary/aromatic N) is 2. The summed E-state index contributed by atoms with van der Waals surface area (Å²) >= 11 is 6.24. The first-order valence-electron chi connectivity index (χ1n) is 11.0. The molecule has 1 aliphatic carbocycles. The van der Waals surface area contributed by atoms with Crippen LogP contribution < -0.4 is 14.8 Å². The van der Waals surface area contributed by atoms with Gasteiger partial charge in [-0.2, -0.15) is 0 Å². The molecule has 168 valence electrons. The van der Waals surface area contributed by atoms with E-state index in [-0.39, 0.29) is 11.9 Å². The van der Waals surface area contributed by atoms with Crippen LogP contribution in [0.15, 0.2) is 54.6 Å². The molecule has 2 aromatic carbocycles. The predicted molar refractivity (Wildman–Crippen MR) is 124 cm³/mol. The van der Waals surface area contributed by atoms with E-state index in [9.17, 15) is 4.79 Å². The van der Waals surface area contributed by atoms with Gasteiger partial charge < -0.3 is 14.8 Å². The second-order valence-corrected chi connectivity index (χ2v) is 8.61. The molecule has 0 spiro atoms. The molecule has 1 heterocycles. The Kier molecular flexibility index (Phi) is 7.32. The highest BCUT2D eigenvalue weighted by molar-refractivity contribution is 6.30. The first-order chi connectivity index (χ1) is 15.6. The Morgan fingerprint density at radius 3 is 2.69 bits per heavy atom. The van der Waals surface area contributed by atoms with E-state index in [1.165, 1.54) is 6.42 Å². The molecule has 1 fully saturated rings. The van der Waals surface area contributed by atoms with Crippen LogP contribution in [-0.2, 0) is 13.2 Å². The topological polar surface area (TPSA) is 65.4 Å². The van der Waals surface area contributed by atoms with E-state index in [2.05, 4.69) is 10.4 Å². The second kappa shape index (κ2) is 10.6. The number of hydrogen-bond acceptors (Lipinski definition) is 4. The lowest BCUT2D eigenvalue weighted by Crippen LogP contribution is -2.38. The van der Waals surface area contributed by atoms with Crippen LogP contribution in [0, 0.1) is 6.92 Å². The fourth-order valence-corrected chi connectivity index (χ4v) is 4.13. The minimum absolute atomic E-state index is 0.190. The Morgan fingerprint density at radius 2 is 1.91 bits per heavy atom. The third-order valence-corrected chi connectivity index (χ3v) is 5.90. The molecule has 1 saturated carbocycles. The van der Waals surface area contributed by atoms with Gasteiger partial charge in [0.25, 0.3) is 0 Å². The Balaban J connectivity index is 1.42. The monoisotopic (exact) mass is 453 g/mol. The second-order valence-electron chi connectivity index (χ2n) is 8.18. The summed E-state index contributed by atoms with van der Waals surface area (Å²) in [4.78, 5) is 12.3. The van der Waals surface area contributed by atoms with E-state index < -0.39 is 6.09 Å². The number of rotatable bonds is 7. The summed E-state index contributed by atoms with van der Waals surface area (Å²) in [7, 11) is 0. The summed E-state index contributed by atoms with van der Waals surface area (Å²) in [6.45, 7) is 2.83. The van der Waals surface area contributed by atoms with Gasteiger partial charge in [0.1, 0.15) is 12.4 Å². The number of halogens is 1. The van der Waals surface area contributed by atoms with Crippen molar-refractivity contribution in [2.24, 2.45) is 0 Å². The lowest BCUT2D eigenvalue weighted by molar-refractivity contribution is 0.189. The lowest BCUT2D eigenvalue weighted by Gasteiger charge is -2.21. The van der Waals surface area contributed by atoms with Gasteiger partial charge >= 0.3 is 6.09 Å².